The van der Waals surface area contributed by atoms with E-state index in [1.807, 2.05) is 6.92 Å². The highest BCUT2D eigenvalue weighted by Crippen LogP contribution is 2.26. The summed E-state index contributed by atoms with van der Waals surface area (Å²) in [6, 6.07) is 12.8. The molecule has 2 aromatic rings. The zero-order valence-electron chi connectivity index (χ0n) is 17.0. The fourth-order valence-electron chi connectivity index (χ4n) is 2.95. The van der Waals surface area contributed by atoms with Crippen LogP contribution in [-0.4, -0.2) is 39.4 Å². The van der Waals surface area contributed by atoms with Gasteiger partial charge in [0, 0.05) is 18.7 Å². The maximum atomic E-state index is 12.7. The molecule has 0 aliphatic rings. The molecule has 0 aliphatic carbocycles. The van der Waals surface area contributed by atoms with Gasteiger partial charge in [0.1, 0.15) is 5.75 Å². The SMILES string of the molecule is COc1ccccc1NS(=O)(=O)c1ccc(C(=O)N(C)C(C)CC(C)C)cc1. The van der Waals surface area contributed by atoms with E-state index in [1.165, 1.54) is 31.4 Å². The van der Waals surface area contributed by atoms with E-state index in [1.54, 1.807) is 36.2 Å². The summed E-state index contributed by atoms with van der Waals surface area (Å²) < 4.78 is 33.0. The number of nitrogens with one attached hydrogen (secondary N) is 1. The predicted molar refractivity (Wildman–Crippen MR) is 111 cm³/mol. The third-order valence-corrected chi connectivity index (χ3v) is 5.94. The quantitative estimate of drug-likeness (QED) is 0.721. The summed E-state index contributed by atoms with van der Waals surface area (Å²) in [6.45, 7) is 6.24. The predicted octanol–water partition coefficient (Wildman–Crippen LogP) is 4.00. The van der Waals surface area contributed by atoms with Gasteiger partial charge in [0.05, 0.1) is 17.7 Å². The molecule has 152 valence electrons. The molecule has 2 aromatic carbocycles. The summed E-state index contributed by atoms with van der Waals surface area (Å²) in [6.07, 6.45) is 0.900. The van der Waals surface area contributed by atoms with Gasteiger partial charge in [0.2, 0.25) is 0 Å². The van der Waals surface area contributed by atoms with Gasteiger partial charge in [0.15, 0.2) is 0 Å². The van der Waals surface area contributed by atoms with Crippen LogP contribution in [0.25, 0.3) is 0 Å². The Balaban J connectivity index is 2.18. The Hall–Kier alpha value is -2.54. The molecule has 0 heterocycles. The van der Waals surface area contributed by atoms with Crippen LogP contribution in [0.3, 0.4) is 0 Å². The Morgan fingerprint density at radius 1 is 1.07 bits per heavy atom. The molecule has 0 spiro atoms. The van der Waals surface area contributed by atoms with E-state index in [0.29, 0.717) is 22.9 Å². The molecular formula is C21H28N2O4S. The molecule has 6 nitrogen and oxygen atoms in total. The van der Waals surface area contributed by atoms with Crippen molar-refractivity contribution in [2.24, 2.45) is 5.92 Å². The number of methoxy groups -OCH3 is 1. The first-order valence-electron chi connectivity index (χ1n) is 9.18. The molecule has 1 atom stereocenters. The number of ether oxygens (including phenoxy) is 1. The highest BCUT2D eigenvalue weighted by Gasteiger charge is 2.20. The van der Waals surface area contributed by atoms with Gasteiger partial charge in [-0.25, -0.2) is 8.42 Å². The Morgan fingerprint density at radius 3 is 2.25 bits per heavy atom. The van der Waals surface area contributed by atoms with Gasteiger partial charge in [0.25, 0.3) is 15.9 Å². The highest BCUT2D eigenvalue weighted by atomic mass is 32.2. The van der Waals surface area contributed by atoms with Crippen LogP contribution in [-0.2, 0) is 10.0 Å². The first-order valence-corrected chi connectivity index (χ1v) is 10.7. The van der Waals surface area contributed by atoms with Gasteiger partial charge in [-0.2, -0.15) is 0 Å². The summed E-state index contributed by atoms with van der Waals surface area (Å²) in [5.41, 5.74) is 0.807. The number of sulfonamides is 1. The lowest BCUT2D eigenvalue weighted by Gasteiger charge is -2.26. The van der Waals surface area contributed by atoms with E-state index in [4.69, 9.17) is 4.74 Å². The molecular weight excluding hydrogens is 376 g/mol. The van der Waals surface area contributed by atoms with E-state index in [0.717, 1.165) is 6.42 Å². The molecule has 1 amide bonds. The minimum Gasteiger partial charge on any atom is -0.495 e. The Morgan fingerprint density at radius 2 is 1.68 bits per heavy atom. The van der Waals surface area contributed by atoms with E-state index in [2.05, 4.69) is 18.6 Å². The maximum Gasteiger partial charge on any atom is 0.262 e. The number of amides is 1. The third-order valence-electron chi connectivity index (χ3n) is 4.56. The van der Waals surface area contributed by atoms with Crippen molar-refractivity contribution in [2.75, 3.05) is 18.9 Å². The van der Waals surface area contributed by atoms with E-state index in [-0.39, 0.29) is 16.8 Å². The molecule has 2 rings (SSSR count). The van der Waals surface area contributed by atoms with Crippen LogP contribution in [0.4, 0.5) is 5.69 Å². The number of nitrogens with zero attached hydrogens (tertiary/aromatic N) is 1. The van der Waals surface area contributed by atoms with Gasteiger partial charge in [-0.05, 0) is 55.7 Å². The summed E-state index contributed by atoms with van der Waals surface area (Å²) in [5, 5.41) is 0. The molecule has 28 heavy (non-hydrogen) atoms. The Bertz CT molecular complexity index is 908. The molecule has 7 heteroatoms. The van der Waals surface area contributed by atoms with Crippen LogP contribution in [0, 0.1) is 5.92 Å². The zero-order chi connectivity index (χ0) is 20.9. The van der Waals surface area contributed by atoms with Gasteiger partial charge >= 0.3 is 0 Å². The molecule has 0 bridgehead atoms. The topological polar surface area (TPSA) is 75.7 Å². The van der Waals surface area contributed by atoms with Gasteiger partial charge in [-0.15, -0.1) is 0 Å². The minimum atomic E-state index is -3.80. The monoisotopic (exact) mass is 404 g/mol. The number of carbonyl (C=O) groups is 1. The fraction of sp³-hybridized carbons (Fsp3) is 0.381. The lowest BCUT2D eigenvalue weighted by Crippen LogP contribution is -2.35. The normalized spacial score (nSPS) is 12.5. The lowest BCUT2D eigenvalue weighted by atomic mass is 10.0. The second-order valence-corrected chi connectivity index (χ2v) is 8.91. The zero-order valence-corrected chi connectivity index (χ0v) is 17.8. The average molecular weight is 405 g/mol. The van der Waals surface area contributed by atoms with Crippen molar-refractivity contribution in [2.45, 2.75) is 38.1 Å². The largest absolute Gasteiger partial charge is 0.495 e. The fourth-order valence-corrected chi connectivity index (χ4v) is 4.02. The number of hydrogen-bond acceptors (Lipinski definition) is 4. The van der Waals surface area contributed by atoms with E-state index < -0.39 is 10.0 Å². The number of carbonyl (C=O) groups excluding carboxylic acids is 1. The van der Waals surface area contributed by atoms with Crippen LogP contribution in [0.5, 0.6) is 5.75 Å². The Labute approximate surface area is 167 Å². The highest BCUT2D eigenvalue weighted by molar-refractivity contribution is 7.92. The van der Waals surface area contributed by atoms with Gasteiger partial charge in [-0.3, -0.25) is 9.52 Å². The van der Waals surface area contributed by atoms with Crippen molar-refractivity contribution in [1.82, 2.24) is 4.90 Å². The average Bonchev–Trinajstić information content (AvgIpc) is 2.66. The second kappa shape index (κ2) is 9.10. The van der Waals surface area contributed by atoms with Crippen molar-refractivity contribution in [3.8, 4) is 5.75 Å². The Kier molecular flexibility index (Phi) is 7.07. The van der Waals surface area contributed by atoms with Crippen LogP contribution in [0.2, 0.25) is 0 Å². The molecule has 1 unspecified atom stereocenters. The molecule has 0 aromatic heterocycles. The van der Waals surface area contributed by atoms with Crippen molar-refractivity contribution in [3.05, 3.63) is 54.1 Å². The number of benzene rings is 2. The number of hydrogen-bond donors (Lipinski definition) is 1. The van der Waals surface area contributed by atoms with Crippen molar-refractivity contribution < 1.29 is 17.9 Å². The van der Waals surface area contributed by atoms with Crippen LogP contribution < -0.4 is 9.46 Å². The van der Waals surface area contributed by atoms with Crippen molar-refractivity contribution in [3.63, 3.8) is 0 Å². The van der Waals surface area contributed by atoms with Crippen molar-refractivity contribution >= 4 is 21.6 Å². The van der Waals surface area contributed by atoms with Crippen LogP contribution in [0.1, 0.15) is 37.6 Å². The third kappa shape index (κ3) is 5.25. The van der Waals surface area contributed by atoms with Gasteiger partial charge in [-0.1, -0.05) is 26.0 Å². The molecule has 0 saturated carbocycles. The number of rotatable bonds is 8. The van der Waals surface area contributed by atoms with E-state index in [9.17, 15) is 13.2 Å². The number of anilines is 1. The second-order valence-electron chi connectivity index (χ2n) is 7.22. The summed E-state index contributed by atoms with van der Waals surface area (Å²) in [4.78, 5) is 14.4. The lowest BCUT2D eigenvalue weighted by molar-refractivity contribution is 0.0728. The maximum absolute atomic E-state index is 12.7. The summed E-state index contributed by atoms with van der Waals surface area (Å²) >= 11 is 0. The smallest absolute Gasteiger partial charge is 0.262 e. The summed E-state index contributed by atoms with van der Waals surface area (Å²) in [5.74, 6) is 0.784. The molecule has 0 saturated heterocycles. The molecule has 0 aliphatic heterocycles. The van der Waals surface area contributed by atoms with Gasteiger partial charge < -0.3 is 9.64 Å². The molecule has 0 radical (unpaired) electrons. The standard InChI is InChI=1S/C21H28N2O4S/c1-15(2)14-16(3)23(4)21(24)17-10-12-18(13-11-17)28(25,26)22-19-8-6-7-9-20(19)27-5/h6-13,15-16,22H,14H2,1-5H3. The van der Waals surface area contributed by atoms with Crippen LogP contribution >= 0.6 is 0 Å². The number of para-hydroxylation sites is 2. The first-order chi connectivity index (χ1) is 13.2. The molecule has 0 fully saturated rings. The van der Waals surface area contributed by atoms with Crippen molar-refractivity contribution in [1.29, 1.82) is 0 Å². The molecule has 1 N–H and O–H groups in total. The van der Waals surface area contributed by atoms with Crippen LogP contribution in [0.15, 0.2) is 53.4 Å². The first kappa shape index (κ1) is 21.8. The summed E-state index contributed by atoms with van der Waals surface area (Å²) in [7, 11) is -0.552. The van der Waals surface area contributed by atoms with E-state index >= 15 is 0 Å². The minimum absolute atomic E-state index is 0.0767.